The van der Waals surface area contributed by atoms with Crippen LogP contribution in [0.15, 0.2) is 23.0 Å². The van der Waals surface area contributed by atoms with E-state index in [2.05, 4.69) is 15.3 Å². The van der Waals surface area contributed by atoms with E-state index in [9.17, 15) is 4.79 Å². The summed E-state index contributed by atoms with van der Waals surface area (Å²) in [7, 11) is 1.57. The number of nitrogens with one attached hydrogen (secondary N) is 2. The maximum atomic E-state index is 11.7. The number of aryl methyl sites for hydroxylation is 2. The zero-order valence-corrected chi connectivity index (χ0v) is 13.0. The molecular formula is C15H18ClN3O2. The molecule has 1 heterocycles. The van der Waals surface area contributed by atoms with Crippen LogP contribution in [0.4, 0.5) is 11.6 Å². The Bertz CT molecular complexity index is 698. The first-order chi connectivity index (χ1) is 10.0. The summed E-state index contributed by atoms with van der Waals surface area (Å²) in [6.07, 6.45) is 1.69. The Morgan fingerprint density at radius 3 is 2.81 bits per heavy atom. The zero-order chi connectivity index (χ0) is 15.4. The molecule has 0 spiro atoms. The zero-order valence-electron chi connectivity index (χ0n) is 12.3. The second kappa shape index (κ2) is 6.63. The number of halogens is 1. The number of anilines is 2. The molecule has 0 saturated carbocycles. The summed E-state index contributed by atoms with van der Waals surface area (Å²) in [6, 6.07) is 5.10. The molecule has 0 aliphatic heterocycles. The first kappa shape index (κ1) is 15.4. The third-order valence-electron chi connectivity index (χ3n) is 3.03. The fraction of sp³-hybridized carbons (Fsp3) is 0.333. The Morgan fingerprint density at radius 2 is 2.14 bits per heavy atom. The number of benzene rings is 1. The van der Waals surface area contributed by atoms with Crippen molar-refractivity contribution in [3.05, 3.63) is 44.8 Å². The summed E-state index contributed by atoms with van der Waals surface area (Å²) in [4.78, 5) is 18.7. The van der Waals surface area contributed by atoms with E-state index in [-0.39, 0.29) is 5.56 Å². The van der Waals surface area contributed by atoms with Crippen molar-refractivity contribution in [2.45, 2.75) is 26.7 Å². The number of hydrogen-bond donors (Lipinski definition) is 2. The van der Waals surface area contributed by atoms with Crippen LogP contribution in [0, 0.1) is 6.92 Å². The van der Waals surface area contributed by atoms with Gasteiger partial charge in [-0.15, -0.1) is 0 Å². The lowest BCUT2D eigenvalue weighted by atomic mass is 10.2. The van der Waals surface area contributed by atoms with Gasteiger partial charge in [-0.2, -0.15) is 0 Å². The molecule has 0 bridgehead atoms. The third kappa shape index (κ3) is 3.76. The van der Waals surface area contributed by atoms with Crippen LogP contribution in [0.1, 0.15) is 24.6 Å². The summed E-state index contributed by atoms with van der Waals surface area (Å²) in [6.45, 7) is 3.94. The van der Waals surface area contributed by atoms with Gasteiger partial charge in [-0.1, -0.05) is 24.9 Å². The summed E-state index contributed by atoms with van der Waals surface area (Å²) in [5.74, 6) is 0.986. The van der Waals surface area contributed by atoms with Crippen molar-refractivity contribution in [2.75, 3.05) is 12.4 Å². The third-order valence-corrected chi connectivity index (χ3v) is 3.44. The fourth-order valence-electron chi connectivity index (χ4n) is 2.01. The topological polar surface area (TPSA) is 67.0 Å². The molecule has 1 aromatic carbocycles. The SMILES string of the molecule is CCCc1cc(=O)[nH]c(Nc2cc(C)c(Cl)cc2OC)n1. The number of nitrogens with zero attached hydrogens (tertiary/aromatic N) is 1. The number of hydrogen-bond acceptors (Lipinski definition) is 4. The average Bonchev–Trinajstić information content (AvgIpc) is 2.42. The Balaban J connectivity index is 2.38. The van der Waals surface area contributed by atoms with E-state index in [0.717, 1.165) is 24.1 Å². The molecule has 0 unspecified atom stereocenters. The van der Waals surface area contributed by atoms with E-state index in [0.29, 0.717) is 22.4 Å². The average molecular weight is 308 g/mol. The van der Waals surface area contributed by atoms with Gasteiger partial charge in [0.05, 0.1) is 12.8 Å². The molecule has 0 aliphatic carbocycles. The molecule has 0 radical (unpaired) electrons. The molecule has 21 heavy (non-hydrogen) atoms. The number of ether oxygens (including phenoxy) is 1. The van der Waals surface area contributed by atoms with Crippen LogP contribution in [0.5, 0.6) is 5.75 Å². The van der Waals surface area contributed by atoms with Crippen LogP contribution in [0.25, 0.3) is 0 Å². The maximum Gasteiger partial charge on any atom is 0.252 e. The molecule has 0 saturated heterocycles. The normalized spacial score (nSPS) is 10.5. The molecule has 0 fully saturated rings. The van der Waals surface area contributed by atoms with Crippen molar-refractivity contribution in [1.29, 1.82) is 0 Å². The van der Waals surface area contributed by atoms with E-state index in [1.807, 2.05) is 19.9 Å². The van der Waals surface area contributed by atoms with Crippen LogP contribution in [-0.2, 0) is 6.42 Å². The fourth-order valence-corrected chi connectivity index (χ4v) is 2.16. The molecule has 1 aromatic heterocycles. The molecule has 112 valence electrons. The highest BCUT2D eigenvalue weighted by molar-refractivity contribution is 6.31. The second-order valence-corrected chi connectivity index (χ2v) is 5.17. The Hall–Kier alpha value is -2.01. The number of H-pyrrole nitrogens is 1. The van der Waals surface area contributed by atoms with Crippen LogP contribution in [0.3, 0.4) is 0 Å². The van der Waals surface area contributed by atoms with Crippen molar-refractivity contribution >= 4 is 23.2 Å². The van der Waals surface area contributed by atoms with Crippen LogP contribution < -0.4 is 15.6 Å². The van der Waals surface area contributed by atoms with Crippen LogP contribution in [0.2, 0.25) is 5.02 Å². The highest BCUT2D eigenvalue weighted by atomic mass is 35.5. The van der Waals surface area contributed by atoms with Crippen molar-refractivity contribution in [1.82, 2.24) is 9.97 Å². The molecule has 6 heteroatoms. The molecule has 5 nitrogen and oxygen atoms in total. The lowest BCUT2D eigenvalue weighted by molar-refractivity contribution is 0.416. The molecule has 0 aliphatic rings. The predicted molar refractivity (Wildman–Crippen MR) is 84.9 cm³/mol. The molecule has 0 amide bonds. The quantitative estimate of drug-likeness (QED) is 0.888. The van der Waals surface area contributed by atoms with E-state index in [1.165, 1.54) is 6.07 Å². The summed E-state index contributed by atoms with van der Waals surface area (Å²) < 4.78 is 5.29. The molecule has 0 atom stereocenters. The predicted octanol–water partition coefficient (Wildman–Crippen LogP) is 3.44. The summed E-state index contributed by atoms with van der Waals surface area (Å²) >= 11 is 6.08. The van der Waals surface area contributed by atoms with Gasteiger partial charge >= 0.3 is 0 Å². The number of methoxy groups -OCH3 is 1. The molecule has 2 N–H and O–H groups in total. The lowest BCUT2D eigenvalue weighted by Crippen LogP contribution is -2.12. The van der Waals surface area contributed by atoms with Gasteiger partial charge in [0.25, 0.3) is 5.56 Å². The second-order valence-electron chi connectivity index (χ2n) is 4.76. The Kier molecular flexibility index (Phi) is 4.85. The summed E-state index contributed by atoms with van der Waals surface area (Å²) in [5.41, 5.74) is 2.19. The summed E-state index contributed by atoms with van der Waals surface area (Å²) in [5, 5.41) is 3.70. The number of rotatable bonds is 5. The molecule has 2 rings (SSSR count). The highest BCUT2D eigenvalue weighted by Crippen LogP contribution is 2.32. The molecule has 2 aromatic rings. The van der Waals surface area contributed by atoms with Crippen LogP contribution in [-0.4, -0.2) is 17.1 Å². The van der Waals surface area contributed by atoms with Crippen molar-refractivity contribution < 1.29 is 4.74 Å². The minimum atomic E-state index is -0.180. The molecular weight excluding hydrogens is 290 g/mol. The van der Waals surface area contributed by atoms with Crippen molar-refractivity contribution in [3.8, 4) is 5.75 Å². The van der Waals surface area contributed by atoms with Crippen molar-refractivity contribution in [2.24, 2.45) is 0 Å². The van der Waals surface area contributed by atoms with E-state index < -0.39 is 0 Å². The Morgan fingerprint density at radius 1 is 1.38 bits per heavy atom. The van der Waals surface area contributed by atoms with Crippen molar-refractivity contribution in [3.63, 3.8) is 0 Å². The van der Waals surface area contributed by atoms with Gasteiger partial charge in [0, 0.05) is 22.8 Å². The van der Waals surface area contributed by atoms with Crippen LogP contribution >= 0.6 is 11.6 Å². The maximum absolute atomic E-state index is 11.7. The van der Waals surface area contributed by atoms with E-state index >= 15 is 0 Å². The first-order valence-corrected chi connectivity index (χ1v) is 7.12. The minimum Gasteiger partial charge on any atom is -0.495 e. The van der Waals surface area contributed by atoms with Gasteiger partial charge in [-0.3, -0.25) is 9.78 Å². The first-order valence-electron chi connectivity index (χ1n) is 6.75. The van der Waals surface area contributed by atoms with Gasteiger partial charge in [-0.05, 0) is 25.0 Å². The van der Waals surface area contributed by atoms with Gasteiger partial charge in [-0.25, -0.2) is 4.98 Å². The largest absolute Gasteiger partial charge is 0.495 e. The Labute approximate surface area is 128 Å². The number of aromatic amines is 1. The van der Waals surface area contributed by atoms with Gasteiger partial charge < -0.3 is 10.1 Å². The monoisotopic (exact) mass is 307 g/mol. The van der Waals surface area contributed by atoms with E-state index in [4.69, 9.17) is 16.3 Å². The lowest BCUT2D eigenvalue weighted by Gasteiger charge is -2.12. The smallest absolute Gasteiger partial charge is 0.252 e. The standard InChI is InChI=1S/C15H18ClN3O2/c1-4-5-10-7-14(20)19-15(17-10)18-12-6-9(2)11(16)8-13(12)21-3/h6-8H,4-5H2,1-3H3,(H2,17,18,19,20). The highest BCUT2D eigenvalue weighted by Gasteiger charge is 2.09. The minimum absolute atomic E-state index is 0.180. The van der Waals surface area contributed by atoms with Gasteiger partial charge in [0.1, 0.15) is 5.75 Å². The van der Waals surface area contributed by atoms with Gasteiger partial charge in [0.15, 0.2) is 0 Å². The van der Waals surface area contributed by atoms with E-state index in [1.54, 1.807) is 13.2 Å². The van der Waals surface area contributed by atoms with Gasteiger partial charge in [0.2, 0.25) is 5.95 Å². The number of aromatic nitrogens is 2.